The molecule has 0 unspecified atom stereocenters. The number of unbranched alkanes of at least 4 members (excludes halogenated alkanes) is 1. The molecule has 0 spiro atoms. The van der Waals surface area contributed by atoms with Gasteiger partial charge in [-0.3, -0.25) is 5.41 Å². The van der Waals surface area contributed by atoms with Gasteiger partial charge in [-0.2, -0.15) is 0 Å². The van der Waals surface area contributed by atoms with E-state index in [2.05, 4.69) is 48.3 Å². The Hall–Kier alpha value is -3.60. The van der Waals surface area contributed by atoms with E-state index in [9.17, 15) is 0 Å². The van der Waals surface area contributed by atoms with Gasteiger partial charge in [0.15, 0.2) is 0 Å². The van der Waals surface area contributed by atoms with Gasteiger partial charge in [-0.05, 0) is 41.0 Å². The number of fused-ring (bicyclic) bond motifs is 4. The fourth-order valence-corrected chi connectivity index (χ4v) is 4.39. The summed E-state index contributed by atoms with van der Waals surface area (Å²) in [5, 5.41) is 11.3. The van der Waals surface area contributed by atoms with Crippen LogP contribution in [0.15, 0.2) is 67.0 Å². The van der Waals surface area contributed by atoms with Crippen molar-refractivity contribution < 1.29 is 9.47 Å². The van der Waals surface area contributed by atoms with Crippen molar-refractivity contribution in [1.82, 2.24) is 9.55 Å². The van der Waals surface area contributed by atoms with Crippen molar-refractivity contribution in [3.8, 4) is 17.4 Å². The molecule has 0 saturated carbocycles. The molecule has 1 aliphatic rings. The van der Waals surface area contributed by atoms with Crippen LogP contribution in [-0.4, -0.2) is 16.7 Å². The van der Waals surface area contributed by atoms with Crippen LogP contribution < -0.4 is 15.0 Å². The predicted octanol–water partition coefficient (Wildman–Crippen LogP) is 5.61. The molecule has 0 aliphatic carbocycles. The van der Waals surface area contributed by atoms with E-state index in [4.69, 9.17) is 14.9 Å². The molecule has 4 aromatic rings. The van der Waals surface area contributed by atoms with E-state index in [0.717, 1.165) is 58.3 Å². The lowest BCUT2D eigenvalue weighted by Crippen LogP contribution is -2.30. The van der Waals surface area contributed by atoms with Gasteiger partial charge in [0.25, 0.3) is 0 Å². The number of benzene rings is 3. The van der Waals surface area contributed by atoms with Crippen LogP contribution in [0, 0.1) is 5.41 Å². The van der Waals surface area contributed by atoms with Gasteiger partial charge in [0.05, 0.1) is 12.7 Å². The highest BCUT2D eigenvalue weighted by atomic mass is 16.5. The first-order valence-corrected chi connectivity index (χ1v) is 10.7. The standard InChI is InChI=1S/C26H25N3O2/c1-3-4-15-29-16-28-26-24(25(29)27)22(18-9-12-19(30-2)13-10-18)23-20-8-6-5-7-17(20)11-14-21(23)31-26/h5-14,16,22,27H,3-4,15H2,1-2H3/t22-/m0/s1. The minimum absolute atomic E-state index is 0.148. The quantitative estimate of drug-likeness (QED) is 0.409. The van der Waals surface area contributed by atoms with E-state index in [0.29, 0.717) is 11.4 Å². The third-order valence-electron chi connectivity index (χ3n) is 6.00. The molecular formula is C26H25N3O2. The van der Waals surface area contributed by atoms with E-state index in [1.54, 1.807) is 13.4 Å². The zero-order valence-electron chi connectivity index (χ0n) is 17.8. The summed E-state index contributed by atoms with van der Waals surface area (Å²) >= 11 is 0. The number of hydrogen-bond acceptors (Lipinski definition) is 4. The molecule has 1 atom stereocenters. The van der Waals surface area contributed by atoms with Gasteiger partial charge < -0.3 is 14.0 Å². The number of rotatable bonds is 5. The zero-order chi connectivity index (χ0) is 21.4. The lowest BCUT2D eigenvalue weighted by molar-refractivity contribution is 0.414. The average Bonchev–Trinajstić information content (AvgIpc) is 2.82. The monoisotopic (exact) mass is 411 g/mol. The molecule has 0 bridgehead atoms. The normalized spacial score (nSPS) is 14.6. The second-order valence-corrected chi connectivity index (χ2v) is 7.87. The molecule has 0 radical (unpaired) electrons. The summed E-state index contributed by atoms with van der Waals surface area (Å²) in [5.41, 5.74) is 3.44. The Kier molecular flexibility index (Phi) is 4.94. The van der Waals surface area contributed by atoms with E-state index < -0.39 is 0 Å². The summed E-state index contributed by atoms with van der Waals surface area (Å²) in [5.74, 6) is 1.97. The average molecular weight is 412 g/mol. The molecule has 5 rings (SSSR count). The Morgan fingerprint density at radius 2 is 1.84 bits per heavy atom. The maximum Gasteiger partial charge on any atom is 0.228 e. The van der Waals surface area contributed by atoms with Crippen LogP contribution >= 0.6 is 0 Å². The van der Waals surface area contributed by atoms with Gasteiger partial charge in [0.2, 0.25) is 5.88 Å². The molecule has 31 heavy (non-hydrogen) atoms. The van der Waals surface area contributed by atoms with Crippen LogP contribution in [0.4, 0.5) is 0 Å². The smallest absolute Gasteiger partial charge is 0.228 e. The molecule has 156 valence electrons. The first kappa shape index (κ1) is 19.4. The number of nitrogens with zero attached hydrogens (tertiary/aromatic N) is 2. The van der Waals surface area contributed by atoms with Crippen LogP contribution in [0.3, 0.4) is 0 Å². The maximum absolute atomic E-state index is 9.03. The highest BCUT2D eigenvalue weighted by Crippen LogP contribution is 2.48. The molecule has 1 aromatic heterocycles. The third kappa shape index (κ3) is 3.26. The molecule has 0 amide bonds. The van der Waals surface area contributed by atoms with Crippen LogP contribution in [0.25, 0.3) is 10.8 Å². The lowest BCUT2D eigenvalue weighted by Gasteiger charge is -2.29. The van der Waals surface area contributed by atoms with Gasteiger partial charge in [0, 0.05) is 18.0 Å². The second kappa shape index (κ2) is 7.91. The van der Waals surface area contributed by atoms with Gasteiger partial charge in [0.1, 0.15) is 23.3 Å². The van der Waals surface area contributed by atoms with Gasteiger partial charge >= 0.3 is 0 Å². The van der Waals surface area contributed by atoms with E-state index in [-0.39, 0.29) is 5.92 Å². The fraction of sp³-hybridized carbons (Fsp3) is 0.231. The first-order chi connectivity index (χ1) is 15.2. The van der Waals surface area contributed by atoms with Crippen molar-refractivity contribution in [2.45, 2.75) is 32.2 Å². The highest BCUT2D eigenvalue weighted by Gasteiger charge is 2.33. The summed E-state index contributed by atoms with van der Waals surface area (Å²) < 4.78 is 13.6. The topological polar surface area (TPSA) is 60.1 Å². The van der Waals surface area contributed by atoms with Crippen molar-refractivity contribution >= 4 is 10.8 Å². The van der Waals surface area contributed by atoms with Crippen molar-refractivity contribution in [2.24, 2.45) is 0 Å². The van der Waals surface area contributed by atoms with Crippen LogP contribution in [0.1, 0.15) is 42.4 Å². The van der Waals surface area contributed by atoms with Crippen molar-refractivity contribution in [3.63, 3.8) is 0 Å². The third-order valence-corrected chi connectivity index (χ3v) is 6.00. The number of aromatic nitrogens is 2. The molecule has 0 saturated heterocycles. The van der Waals surface area contributed by atoms with Gasteiger partial charge in [-0.25, -0.2) is 4.98 Å². The van der Waals surface area contributed by atoms with E-state index in [1.807, 2.05) is 28.8 Å². The first-order valence-electron chi connectivity index (χ1n) is 10.7. The summed E-state index contributed by atoms with van der Waals surface area (Å²) in [6, 6.07) is 20.5. The van der Waals surface area contributed by atoms with Crippen molar-refractivity contribution in [3.05, 3.63) is 89.2 Å². The molecule has 2 heterocycles. The molecular weight excluding hydrogens is 386 g/mol. The largest absolute Gasteiger partial charge is 0.497 e. The Morgan fingerprint density at radius 3 is 2.61 bits per heavy atom. The maximum atomic E-state index is 9.03. The number of hydrogen-bond donors (Lipinski definition) is 1. The van der Waals surface area contributed by atoms with E-state index >= 15 is 0 Å². The summed E-state index contributed by atoms with van der Waals surface area (Å²) in [6.07, 6.45) is 3.80. The summed E-state index contributed by atoms with van der Waals surface area (Å²) in [7, 11) is 1.67. The SMILES string of the molecule is CCCCn1cnc2c(c1=N)[C@@H](c1ccc(OC)cc1)c1c(ccc3ccccc13)O2. The highest BCUT2D eigenvalue weighted by molar-refractivity contribution is 5.90. The second-order valence-electron chi connectivity index (χ2n) is 7.87. The van der Waals surface area contributed by atoms with Crippen LogP contribution in [0.5, 0.6) is 17.4 Å². The molecule has 3 aromatic carbocycles. The Bertz CT molecular complexity index is 1310. The lowest BCUT2D eigenvalue weighted by atomic mass is 9.81. The molecule has 5 nitrogen and oxygen atoms in total. The minimum atomic E-state index is -0.148. The zero-order valence-corrected chi connectivity index (χ0v) is 17.8. The van der Waals surface area contributed by atoms with Crippen molar-refractivity contribution in [1.29, 1.82) is 5.41 Å². The predicted molar refractivity (Wildman–Crippen MR) is 121 cm³/mol. The Morgan fingerprint density at radius 1 is 1.03 bits per heavy atom. The number of nitrogens with one attached hydrogen (secondary N) is 1. The molecule has 5 heteroatoms. The van der Waals surface area contributed by atoms with Gasteiger partial charge in [-0.15, -0.1) is 0 Å². The number of methoxy groups -OCH3 is 1. The Labute approximate surface area is 181 Å². The minimum Gasteiger partial charge on any atom is -0.497 e. The van der Waals surface area contributed by atoms with Gasteiger partial charge in [-0.1, -0.05) is 55.8 Å². The molecule has 0 fully saturated rings. The van der Waals surface area contributed by atoms with Crippen LogP contribution in [0.2, 0.25) is 0 Å². The molecule has 1 aliphatic heterocycles. The molecule has 1 N–H and O–H groups in total. The van der Waals surface area contributed by atoms with Crippen LogP contribution in [-0.2, 0) is 6.54 Å². The number of ether oxygens (including phenoxy) is 2. The summed E-state index contributed by atoms with van der Waals surface area (Å²) in [6.45, 7) is 2.93. The van der Waals surface area contributed by atoms with Crippen molar-refractivity contribution in [2.75, 3.05) is 7.11 Å². The Balaban J connectivity index is 1.79. The number of aryl methyl sites for hydroxylation is 1. The fourth-order valence-electron chi connectivity index (χ4n) is 4.39. The van der Waals surface area contributed by atoms with E-state index in [1.165, 1.54) is 0 Å². The summed E-state index contributed by atoms with van der Waals surface area (Å²) in [4.78, 5) is 4.62.